The zero-order valence-electron chi connectivity index (χ0n) is 8.77. The lowest BCUT2D eigenvalue weighted by Crippen LogP contribution is -2.16. The van der Waals surface area contributed by atoms with E-state index in [4.69, 9.17) is 10.5 Å². The summed E-state index contributed by atoms with van der Waals surface area (Å²) in [7, 11) is 0.200. The highest BCUT2D eigenvalue weighted by Crippen LogP contribution is 2.02. The lowest BCUT2D eigenvalue weighted by Gasteiger charge is -2.05. The van der Waals surface area contributed by atoms with Crippen LogP contribution in [0.5, 0.6) is 0 Å². The molecule has 2 nitrogen and oxygen atoms in total. The topological polar surface area (TPSA) is 35.2 Å². The quantitative estimate of drug-likeness (QED) is 0.316. The Morgan fingerprint density at radius 1 is 1.46 bits per heavy atom. The first-order valence-corrected chi connectivity index (χ1v) is 7.60. The van der Waals surface area contributed by atoms with Crippen LogP contribution in [0.2, 0.25) is 19.6 Å². The number of methoxy groups -OCH3 is 1. The van der Waals surface area contributed by atoms with Gasteiger partial charge in [0.2, 0.25) is 0 Å². The van der Waals surface area contributed by atoms with Crippen LogP contribution in [0.1, 0.15) is 0 Å². The van der Waals surface area contributed by atoms with Gasteiger partial charge in [0.1, 0.15) is 8.07 Å². The molecule has 0 saturated heterocycles. The van der Waals surface area contributed by atoms with Crippen LogP contribution in [0.3, 0.4) is 0 Å². The molecule has 72 valence electrons. The molecule has 0 saturated carbocycles. The molecule has 0 fully saturated rings. The maximum Gasteiger partial charge on any atom is 0.192 e. The van der Waals surface area contributed by atoms with E-state index in [9.17, 15) is 0 Å². The molecule has 0 rings (SSSR count). The monoisotopic (exact) mass is 195 g/mol. The number of hydrogen-bond donors (Lipinski definition) is 1. The summed E-state index contributed by atoms with van der Waals surface area (Å²) in [5.74, 6) is 3.44. The molecule has 0 atom stereocenters. The zero-order chi connectivity index (χ0) is 10.5. The Labute approximate surface area is 81.5 Å². The Kier molecular flexibility index (Phi) is 4.36. The van der Waals surface area contributed by atoms with Gasteiger partial charge in [-0.2, -0.15) is 0 Å². The second kappa shape index (κ2) is 4.78. The van der Waals surface area contributed by atoms with Crippen molar-refractivity contribution in [2.24, 2.45) is 5.73 Å². The van der Waals surface area contributed by atoms with E-state index < -0.39 is 8.07 Å². The summed E-state index contributed by atoms with van der Waals surface area (Å²) in [6, 6.07) is 0. The number of ether oxygens (including phenoxy) is 1. The van der Waals surface area contributed by atoms with Crippen molar-refractivity contribution in [3.63, 3.8) is 0 Å². The molecule has 2 N–H and O–H groups in total. The summed E-state index contributed by atoms with van der Waals surface area (Å²) in [6.45, 7) is 10.0. The van der Waals surface area contributed by atoms with Crippen LogP contribution >= 0.6 is 0 Å². The molecule has 3 heteroatoms. The van der Waals surface area contributed by atoms with Gasteiger partial charge < -0.3 is 10.5 Å². The van der Waals surface area contributed by atoms with Crippen molar-refractivity contribution in [1.29, 1.82) is 0 Å². The third kappa shape index (κ3) is 5.15. The van der Waals surface area contributed by atoms with E-state index in [0.29, 0.717) is 11.5 Å². The average Bonchev–Trinajstić information content (AvgIpc) is 2.03. The summed E-state index contributed by atoms with van der Waals surface area (Å²) >= 11 is 0. The molecule has 0 bridgehead atoms. The number of allylic oxidation sites excluding steroid dienone is 2. The van der Waals surface area contributed by atoms with Gasteiger partial charge in [-0.1, -0.05) is 26.2 Å². The largest absolute Gasteiger partial charge is 0.487 e. The smallest absolute Gasteiger partial charge is 0.192 e. The minimum atomic E-state index is -1.36. The molecular formula is C10H17NOSi. The first-order valence-electron chi connectivity index (χ1n) is 4.10. The van der Waals surface area contributed by atoms with Gasteiger partial charge in [-0.25, -0.2) is 0 Å². The van der Waals surface area contributed by atoms with E-state index in [1.165, 1.54) is 6.08 Å². The second-order valence-electron chi connectivity index (χ2n) is 3.69. The maximum atomic E-state index is 5.61. The number of nitrogens with two attached hydrogens (primary N) is 1. The molecule has 0 unspecified atom stereocenters. The second-order valence-corrected chi connectivity index (χ2v) is 8.44. The Balaban J connectivity index is 4.82. The summed E-state index contributed by atoms with van der Waals surface area (Å²) in [6.07, 6.45) is 1.54. The van der Waals surface area contributed by atoms with Crippen molar-refractivity contribution in [1.82, 2.24) is 0 Å². The minimum Gasteiger partial charge on any atom is -0.487 e. The van der Waals surface area contributed by atoms with E-state index in [1.54, 1.807) is 7.11 Å². The van der Waals surface area contributed by atoms with E-state index in [0.717, 1.165) is 0 Å². The van der Waals surface area contributed by atoms with Gasteiger partial charge in [0.05, 0.1) is 12.8 Å². The van der Waals surface area contributed by atoms with E-state index in [2.05, 4.69) is 37.7 Å². The van der Waals surface area contributed by atoms with Gasteiger partial charge in [-0.3, -0.25) is 0 Å². The normalized spacial score (nSPS) is 12.3. The van der Waals surface area contributed by atoms with Crippen LogP contribution in [0.4, 0.5) is 0 Å². The molecular weight excluding hydrogens is 178 g/mol. The molecule has 0 aliphatic rings. The molecule has 0 aliphatic carbocycles. The summed E-state index contributed by atoms with van der Waals surface area (Å²) < 4.78 is 5.03. The third-order valence-corrected chi connectivity index (χ3v) is 2.11. The molecule has 0 aromatic rings. The standard InChI is InChI=1S/C10H17NOSi/c1-6-9(11)10(12-2)7-8-13(3,4)5/h6H,1,11H2,2-5H3/b10-9+. The van der Waals surface area contributed by atoms with Crippen molar-refractivity contribution in [2.75, 3.05) is 7.11 Å². The third-order valence-electron chi connectivity index (χ3n) is 1.24. The fourth-order valence-corrected chi connectivity index (χ4v) is 1.07. The van der Waals surface area contributed by atoms with Gasteiger partial charge in [0.15, 0.2) is 5.76 Å². The Morgan fingerprint density at radius 2 is 2.00 bits per heavy atom. The van der Waals surface area contributed by atoms with Gasteiger partial charge in [-0.05, 0) is 12.0 Å². The van der Waals surface area contributed by atoms with Crippen LogP contribution in [-0.4, -0.2) is 15.2 Å². The fourth-order valence-electron chi connectivity index (χ4n) is 0.578. The van der Waals surface area contributed by atoms with Crippen molar-refractivity contribution in [3.8, 4) is 11.5 Å². The van der Waals surface area contributed by atoms with Crippen LogP contribution < -0.4 is 5.73 Å². The van der Waals surface area contributed by atoms with Crippen molar-refractivity contribution < 1.29 is 4.74 Å². The first kappa shape index (κ1) is 11.9. The molecule has 0 heterocycles. The minimum absolute atomic E-state index is 0.494. The maximum absolute atomic E-state index is 5.61. The van der Waals surface area contributed by atoms with Gasteiger partial charge in [0, 0.05) is 0 Å². The lowest BCUT2D eigenvalue weighted by molar-refractivity contribution is 0.307. The molecule has 0 aromatic carbocycles. The van der Waals surface area contributed by atoms with Crippen LogP contribution in [0.15, 0.2) is 24.1 Å². The summed E-state index contributed by atoms with van der Waals surface area (Å²) in [5, 5.41) is 0. The first-order chi connectivity index (χ1) is 5.90. The Morgan fingerprint density at radius 3 is 2.31 bits per heavy atom. The summed E-state index contributed by atoms with van der Waals surface area (Å²) in [5.41, 5.74) is 9.27. The van der Waals surface area contributed by atoms with E-state index in [-0.39, 0.29) is 0 Å². The van der Waals surface area contributed by atoms with Crippen LogP contribution in [0.25, 0.3) is 0 Å². The molecule has 13 heavy (non-hydrogen) atoms. The fraction of sp³-hybridized carbons (Fsp3) is 0.400. The number of rotatable bonds is 2. The highest BCUT2D eigenvalue weighted by Gasteiger charge is 2.08. The molecule has 0 radical (unpaired) electrons. The highest BCUT2D eigenvalue weighted by atomic mass is 28.3. The van der Waals surface area contributed by atoms with Crippen molar-refractivity contribution in [3.05, 3.63) is 24.1 Å². The van der Waals surface area contributed by atoms with E-state index in [1.807, 2.05) is 0 Å². The van der Waals surface area contributed by atoms with E-state index >= 15 is 0 Å². The van der Waals surface area contributed by atoms with Crippen LogP contribution in [0, 0.1) is 11.5 Å². The van der Waals surface area contributed by atoms with Crippen molar-refractivity contribution >= 4 is 8.07 Å². The van der Waals surface area contributed by atoms with Gasteiger partial charge in [0.25, 0.3) is 0 Å². The number of hydrogen-bond acceptors (Lipinski definition) is 2. The van der Waals surface area contributed by atoms with Crippen molar-refractivity contribution in [2.45, 2.75) is 19.6 Å². The predicted molar refractivity (Wildman–Crippen MR) is 59.5 cm³/mol. The lowest BCUT2D eigenvalue weighted by atomic mass is 10.4. The molecule has 0 aromatic heterocycles. The predicted octanol–water partition coefficient (Wildman–Crippen LogP) is 1.87. The molecule has 0 aliphatic heterocycles. The van der Waals surface area contributed by atoms with Gasteiger partial charge >= 0.3 is 0 Å². The average molecular weight is 195 g/mol. The SMILES string of the molecule is C=C/C(N)=C(/C#C[Si](C)(C)C)OC. The summed E-state index contributed by atoms with van der Waals surface area (Å²) in [4.78, 5) is 0. The highest BCUT2D eigenvalue weighted by molar-refractivity contribution is 6.83. The Hall–Kier alpha value is -1.14. The van der Waals surface area contributed by atoms with Crippen LogP contribution in [-0.2, 0) is 4.74 Å². The molecule has 0 amide bonds. The van der Waals surface area contributed by atoms with Gasteiger partial charge in [-0.15, -0.1) is 5.54 Å². The molecule has 0 spiro atoms. The Bertz CT molecular complexity index is 276. The zero-order valence-corrected chi connectivity index (χ0v) is 9.77.